The molecule has 1 aromatic rings. The van der Waals surface area contributed by atoms with E-state index in [1.165, 1.54) is 49.8 Å². The van der Waals surface area contributed by atoms with E-state index in [4.69, 9.17) is 4.98 Å². The molecule has 2 unspecified atom stereocenters. The summed E-state index contributed by atoms with van der Waals surface area (Å²) in [7, 11) is 6.64. The number of aryl methyl sites for hydroxylation is 1. The zero-order chi connectivity index (χ0) is 14.2. The molecule has 0 aliphatic heterocycles. The molecular weight excluding hydrogens is 246 g/mol. The van der Waals surface area contributed by atoms with Crippen molar-refractivity contribution in [3.8, 4) is 0 Å². The molecular formula is C17H27N3. The number of nitrogens with one attached hydrogen (secondary N) is 1. The molecule has 110 valence electrons. The minimum Gasteiger partial charge on any atom is -0.315 e. The van der Waals surface area contributed by atoms with Crippen molar-refractivity contribution in [2.24, 2.45) is 0 Å². The molecule has 3 nitrogen and oxygen atoms in total. The maximum Gasteiger partial charge on any atom is 0.0482 e. The average Bonchev–Trinajstić information content (AvgIpc) is 3.08. The Morgan fingerprint density at radius 1 is 1.35 bits per heavy atom. The van der Waals surface area contributed by atoms with Gasteiger partial charge in [0.25, 0.3) is 0 Å². The zero-order valence-corrected chi connectivity index (χ0v) is 13.0. The molecule has 0 saturated heterocycles. The van der Waals surface area contributed by atoms with Gasteiger partial charge >= 0.3 is 0 Å². The largest absolute Gasteiger partial charge is 0.315 e. The van der Waals surface area contributed by atoms with Gasteiger partial charge in [-0.3, -0.25) is 4.98 Å². The SMILES string of the molecule is CNC(C1CCc2cccnc21)C1(N(C)C)CCCC1. The van der Waals surface area contributed by atoms with Crippen LogP contribution in [0, 0.1) is 0 Å². The summed E-state index contributed by atoms with van der Waals surface area (Å²) in [6, 6.07) is 4.84. The quantitative estimate of drug-likeness (QED) is 0.914. The van der Waals surface area contributed by atoms with Crippen molar-refractivity contribution >= 4 is 0 Å². The lowest BCUT2D eigenvalue weighted by atomic mass is 9.78. The predicted octanol–water partition coefficient (Wildman–Crippen LogP) is 2.57. The van der Waals surface area contributed by atoms with Crippen molar-refractivity contribution in [2.75, 3.05) is 21.1 Å². The number of pyridine rings is 1. The fourth-order valence-corrected chi connectivity index (χ4v) is 4.64. The summed E-state index contributed by atoms with van der Waals surface area (Å²) < 4.78 is 0. The number of rotatable bonds is 4. The molecule has 2 aliphatic carbocycles. The van der Waals surface area contributed by atoms with Crippen molar-refractivity contribution < 1.29 is 0 Å². The first-order valence-electron chi connectivity index (χ1n) is 7.97. The second-order valence-electron chi connectivity index (χ2n) is 6.66. The number of hydrogen-bond donors (Lipinski definition) is 1. The highest BCUT2D eigenvalue weighted by Crippen LogP contribution is 2.45. The van der Waals surface area contributed by atoms with E-state index in [-0.39, 0.29) is 0 Å². The summed E-state index contributed by atoms with van der Waals surface area (Å²) in [4.78, 5) is 7.19. The van der Waals surface area contributed by atoms with Crippen LogP contribution in [0.4, 0.5) is 0 Å². The van der Waals surface area contributed by atoms with Crippen LogP contribution in [-0.4, -0.2) is 42.6 Å². The molecule has 1 saturated carbocycles. The van der Waals surface area contributed by atoms with Gasteiger partial charge in [-0.05, 0) is 58.5 Å². The van der Waals surface area contributed by atoms with Crippen LogP contribution in [0.25, 0.3) is 0 Å². The van der Waals surface area contributed by atoms with Crippen LogP contribution in [0.15, 0.2) is 18.3 Å². The van der Waals surface area contributed by atoms with Gasteiger partial charge in [-0.25, -0.2) is 0 Å². The maximum atomic E-state index is 4.71. The highest BCUT2D eigenvalue weighted by atomic mass is 15.2. The van der Waals surface area contributed by atoms with Crippen LogP contribution in [-0.2, 0) is 6.42 Å². The third-order valence-electron chi connectivity index (χ3n) is 5.65. The van der Waals surface area contributed by atoms with Gasteiger partial charge in [0.1, 0.15) is 0 Å². The molecule has 3 rings (SSSR count). The molecule has 0 bridgehead atoms. The number of nitrogens with zero attached hydrogens (tertiary/aromatic N) is 2. The van der Waals surface area contributed by atoms with Crippen LogP contribution >= 0.6 is 0 Å². The first-order chi connectivity index (χ1) is 9.69. The third kappa shape index (κ3) is 2.08. The summed E-state index contributed by atoms with van der Waals surface area (Å²) in [5, 5.41) is 3.67. The molecule has 2 aliphatic rings. The Hall–Kier alpha value is -0.930. The van der Waals surface area contributed by atoms with Gasteiger partial charge in [0.15, 0.2) is 0 Å². The van der Waals surface area contributed by atoms with E-state index >= 15 is 0 Å². The van der Waals surface area contributed by atoms with Crippen LogP contribution in [0.2, 0.25) is 0 Å². The number of aromatic nitrogens is 1. The monoisotopic (exact) mass is 273 g/mol. The Bertz CT molecular complexity index is 463. The predicted molar refractivity (Wildman–Crippen MR) is 83.0 cm³/mol. The highest BCUT2D eigenvalue weighted by Gasteiger charge is 2.47. The minimum absolute atomic E-state index is 0.304. The lowest BCUT2D eigenvalue weighted by Gasteiger charge is -2.46. The Morgan fingerprint density at radius 2 is 2.10 bits per heavy atom. The van der Waals surface area contributed by atoms with Gasteiger partial charge in [0.2, 0.25) is 0 Å². The Labute approximate surface area is 122 Å². The second-order valence-corrected chi connectivity index (χ2v) is 6.66. The van der Waals surface area contributed by atoms with Crippen LogP contribution in [0.3, 0.4) is 0 Å². The van der Waals surface area contributed by atoms with Crippen molar-refractivity contribution in [2.45, 2.75) is 56.0 Å². The summed E-state index contributed by atoms with van der Waals surface area (Å²) in [5.74, 6) is 0.566. The molecule has 2 atom stereocenters. The topological polar surface area (TPSA) is 28.2 Å². The number of fused-ring (bicyclic) bond motifs is 1. The molecule has 1 heterocycles. The Kier molecular flexibility index (Phi) is 3.83. The summed E-state index contributed by atoms with van der Waals surface area (Å²) in [5.41, 5.74) is 3.11. The lowest BCUT2D eigenvalue weighted by molar-refractivity contribution is 0.0935. The first-order valence-corrected chi connectivity index (χ1v) is 7.97. The average molecular weight is 273 g/mol. The van der Waals surface area contributed by atoms with Gasteiger partial charge in [0, 0.05) is 29.4 Å². The molecule has 0 amide bonds. The van der Waals surface area contributed by atoms with Gasteiger partial charge < -0.3 is 10.2 Å². The number of hydrogen-bond acceptors (Lipinski definition) is 3. The lowest BCUT2D eigenvalue weighted by Crippen LogP contribution is -2.58. The van der Waals surface area contributed by atoms with E-state index < -0.39 is 0 Å². The van der Waals surface area contributed by atoms with Crippen LogP contribution < -0.4 is 5.32 Å². The molecule has 20 heavy (non-hydrogen) atoms. The van der Waals surface area contributed by atoms with E-state index in [1.807, 2.05) is 6.20 Å². The first kappa shape index (κ1) is 14.0. The third-order valence-corrected chi connectivity index (χ3v) is 5.65. The maximum absolute atomic E-state index is 4.71. The minimum atomic E-state index is 0.304. The van der Waals surface area contributed by atoms with E-state index in [2.05, 4.69) is 43.5 Å². The Morgan fingerprint density at radius 3 is 2.75 bits per heavy atom. The fourth-order valence-electron chi connectivity index (χ4n) is 4.64. The van der Waals surface area contributed by atoms with Crippen molar-refractivity contribution in [3.63, 3.8) is 0 Å². The molecule has 0 aromatic carbocycles. The normalized spacial score (nSPS) is 25.9. The van der Waals surface area contributed by atoms with Gasteiger partial charge in [-0.2, -0.15) is 0 Å². The number of likely N-dealkylation sites (N-methyl/N-ethyl adjacent to an activating group) is 2. The fraction of sp³-hybridized carbons (Fsp3) is 0.706. The van der Waals surface area contributed by atoms with Gasteiger partial charge in [-0.1, -0.05) is 18.9 Å². The van der Waals surface area contributed by atoms with Crippen molar-refractivity contribution in [1.29, 1.82) is 0 Å². The van der Waals surface area contributed by atoms with E-state index in [0.29, 0.717) is 17.5 Å². The highest BCUT2D eigenvalue weighted by molar-refractivity contribution is 5.31. The molecule has 1 fully saturated rings. The molecule has 3 heteroatoms. The van der Waals surface area contributed by atoms with Crippen LogP contribution in [0.5, 0.6) is 0 Å². The van der Waals surface area contributed by atoms with E-state index in [0.717, 1.165) is 0 Å². The molecule has 1 aromatic heterocycles. The van der Waals surface area contributed by atoms with Crippen molar-refractivity contribution in [1.82, 2.24) is 15.2 Å². The second kappa shape index (κ2) is 5.45. The smallest absolute Gasteiger partial charge is 0.0482 e. The standard InChI is InChI=1S/C17H27N3/c1-18-16(17(20(2)3)10-4-5-11-17)14-9-8-13-7-6-12-19-15(13)14/h6-7,12,14,16,18H,4-5,8-11H2,1-3H3. The zero-order valence-electron chi connectivity index (χ0n) is 13.0. The summed E-state index contributed by atoms with van der Waals surface area (Å²) in [6.07, 6.45) is 9.73. The molecule has 1 N–H and O–H groups in total. The Balaban J connectivity index is 1.95. The van der Waals surface area contributed by atoms with E-state index in [1.54, 1.807) is 0 Å². The summed E-state index contributed by atoms with van der Waals surface area (Å²) in [6.45, 7) is 0. The van der Waals surface area contributed by atoms with E-state index in [9.17, 15) is 0 Å². The van der Waals surface area contributed by atoms with Gasteiger partial charge in [-0.15, -0.1) is 0 Å². The van der Waals surface area contributed by atoms with Crippen molar-refractivity contribution in [3.05, 3.63) is 29.6 Å². The van der Waals surface area contributed by atoms with Gasteiger partial charge in [0.05, 0.1) is 0 Å². The molecule has 0 radical (unpaired) electrons. The van der Waals surface area contributed by atoms with Crippen LogP contribution in [0.1, 0.15) is 49.3 Å². The summed E-state index contributed by atoms with van der Waals surface area (Å²) >= 11 is 0. The molecule has 0 spiro atoms.